The number of nitrogens with zero attached hydrogens (tertiary/aromatic N) is 3. The zero-order valence-corrected chi connectivity index (χ0v) is 17.2. The highest BCUT2D eigenvalue weighted by atomic mass is 35.5. The maximum Gasteiger partial charge on any atom is 0.352 e. The molecule has 0 aliphatic rings. The summed E-state index contributed by atoms with van der Waals surface area (Å²) in [5.74, 6) is -1.19. The minimum Gasteiger partial charge on any atom is -0.348 e. The molecule has 1 unspecified atom stereocenters. The Hall–Kier alpha value is -3.26. The van der Waals surface area contributed by atoms with Crippen LogP contribution < -0.4 is 16.6 Å². The van der Waals surface area contributed by atoms with Gasteiger partial charge in [0.1, 0.15) is 5.82 Å². The summed E-state index contributed by atoms with van der Waals surface area (Å²) in [7, 11) is 0. The largest absolute Gasteiger partial charge is 0.352 e. The molecule has 0 fully saturated rings. The standard InChI is InChI=1S/C21H20ClFN4O3/c1-3-13(2)24-19(28)18-20(29)26(12-14-5-4-6-16(23)11-14)21(30)27(25-18)17-9-7-15(22)8-10-17/h4-11,13H,3,12H2,1-2H3,(H,24,28). The van der Waals surface area contributed by atoms with Crippen LogP contribution >= 0.6 is 11.6 Å². The molecule has 9 heteroatoms. The van der Waals surface area contributed by atoms with Crippen LogP contribution in [0, 0.1) is 5.82 Å². The lowest BCUT2D eigenvalue weighted by Crippen LogP contribution is -2.47. The molecule has 0 spiro atoms. The summed E-state index contributed by atoms with van der Waals surface area (Å²) in [5.41, 5.74) is -1.31. The number of carbonyl (C=O) groups excluding carboxylic acids is 1. The first-order valence-electron chi connectivity index (χ1n) is 9.35. The Kier molecular flexibility index (Phi) is 6.47. The summed E-state index contributed by atoms with van der Waals surface area (Å²) >= 11 is 5.91. The zero-order chi connectivity index (χ0) is 21.8. The Morgan fingerprint density at radius 2 is 1.90 bits per heavy atom. The topological polar surface area (TPSA) is 86.0 Å². The van der Waals surface area contributed by atoms with Gasteiger partial charge in [-0.15, -0.1) is 0 Å². The maximum absolute atomic E-state index is 13.6. The predicted molar refractivity (Wildman–Crippen MR) is 112 cm³/mol. The summed E-state index contributed by atoms with van der Waals surface area (Å²) in [5, 5.41) is 7.16. The van der Waals surface area contributed by atoms with Crippen LogP contribution in [0.2, 0.25) is 5.02 Å². The van der Waals surface area contributed by atoms with E-state index in [1.165, 1.54) is 18.2 Å². The van der Waals surface area contributed by atoms with Crippen LogP contribution in [0.25, 0.3) is 5.69 Å². The van der Waals surface area contributed by atoms with Crippen molar-refractivity contribution in [2.75, 3.05) is 0 Å². The highest BCUT2D eigenvalue weighted by molar-refractivity contribution is 6.30. The van der Waals surface area contributed by atoms with Crippen molar-refractivity contribution in [2.24, 2.45) is 0 Å². The van der Waals surface area contributed by atoms with Crippen molar-refractivity contribution in [2.45, 2.75) is 32.9 Å². The summed E-state index contributed by atoms with van der Waals surface area (Å²) in [6.45, 7) is 3.46. The first kappa shape index (κ1) is 21.4. The molecule has 2 aromatic carbocycles. The molecule has 0 aliphatic heterocycles. The van der Waals surface area contributed by atoms with E-state index >= 15 is 0 Å². The van der Waals surface area contributed by atoms with Crippen molar-refractivity contribution >= 4 is 17.5 Å². The Morgan fingerprint density at radius 1 is 1.20 bits per heavy atom. The first-order valence-corrected chi connectivity index (χ1v) is 9.73. The molecule has 1 amide bonds. The molecule has 0 bridgehead atoms. The molecular weight excluding hydrogens is 411 g/mol. The van der Waals surface area contributed by atoms with Gasteiger partial charge in [-0.1, -0.05) is 30.7 Å². The number of benzene rings is 2. The van der Waals surface area contributed by atoms with Crippen molar-refractivity contribution in [3.05, 3.63) is 91.5 Å². The van der Waals surface area contributed by atoms with Gasteiger partial charge in [-0.05, 0) is 55.3 Å². The molecule has 0 radical (unpaired) electrons. The number of carbonyl (C=O) groups is 1. The molecule has 3 rings (SSSR count). The number of hydrogen-bond donors (Lipinski definition) is 1. The molecule has 1 heterocycles. The summed E-state index contributed by atoms with van der Waals surface area (Å²) in [4.78, 5) is 38.6. The number of amides is 1. The van der Waals surface area contributed by atoms with Crippen LogP contribution in [0.1, 0.15) is 36.3 Å². The van der Waals surface area contributed by atoms with Crippen LogP contribution in [-0.2, 0) is 6.54 Å². The minimum absolute atomic E-state index is 0.189. The molecule has 3 aromatic rings. The van der Waals surface area contributed by atoms with E-state index in [0.29, 0.717) is 22.7 Å². The van der Waals surface area contributed by atoms with Crippen molar-refractivity contribution < 1.29 is 9.18 Å². The number of nitrogens with one attached hydrogen (secondary N) is 1. The Bertz CT molecular complexity index is 1190. The zero-order valence-electron chi connectivity index (χ0n) is 16.4. The van der Waals surface area contributed by atoms with Gasteiger partial charge in [0.25, 0.3) is 11.5 Å². The van der Waals surface area contributed by atoms with Gasteiger partial charge in [-0.2, -0.15) is 9.78 Å². The van der Waals surface area contributed by atoms with Gasteiger partial charge in [-0.25, -0.2) is 9.18 Å². The van der Waals surface area contributed by atoms with Crippen LogP contribution in [0.4, 0.5) is 4.39 Å². The van der Waals surface area contributed by atoms with Gasteiger partial charge in [-0.3, -0.25) is 14.2 Å². The Morgan fingerprint density at radius 3 is 2.53 bits per heavy atom. The first-order chi connectivity index (χ1) is 14.3. The van der Waals surface area contributed by atoms with Crippen LogP contribution in [0.3, 0.4) is 0 Å². The molecule has 7 nitrogen and oxygen atoms in total. The van der Waals surface area contributed by atoms with Crippen LogP contribution in [0.5, 0.6) is 0 Å². The van der Waals surface area contributed by atoms with Crippen molar-refractivity contribution in [1.29, 1.82) is 0 Å². The minimum atomic E-state index is -0.852. The second-order valence-electron chi connectivity index (χ2n) is 6.82. The van der Waals surface area contributed by atoms with E-state index < -0.39 is 28.7 Å². The van der Waals surface area contributed by atoms with E-state index in [2.05, 4.69) is 10.4 Å². The molecule has 156 valence electrons. The Labute approximate surface area is 176 Å². The molecule has 1 aromatic heterocycles. The second-order valence-corrected chi connectivity index (χ2v) is 7.26. The maximum atomic E-state index is 13.6. The van der Waals surface area contributed by atoms with Gasteiger partial charge >= 0.3 is 5.69 Å². The van der Waals surface area contributed by atoms with Gasteiger partial charge in [0.15, 0.2) is 0 Å². The van der Waals surface area contributed by atoms with E-state index in [1.807, 2.05) is 6.92 Å². The van der Waals surface area contributed by atoms with Crippen LogP contribution in [-0.4, -0.2) is 26.3 Å². The summed E-state index contributed by atoms with van der Waals surface area (Å²) < 4.78 is 15.4. The number of rotatable bonds is 6. The third-order valence-electron chi connectivity index (χ3n) is 4.57. The lowest BCUT2D eigenvalue weighted by molar-refractivity contribution is 0.0929. The van der Waals surface area contributed by atoms with Crippen molar-refractivity contribution in [3.63, 3.8) is 0 Å². The monoisotopic (exact) mass is 430 g/mol. The molecule has 1 atom stereocenters. The molecule has 30 heavy (non-hydrogen) atoms. The van der Waals surface area contributed by atoms with E-state index in [4.69, 9.17) is 11.6 Å². The number of halogens is 2. The Balaban J connectivity index is 2.18. The molecular formula is C21H20ClFN4O3. The summed E-state index contributed by atoms with van der Waals surface area (Å²) in [6.07, 6.45) is 0.653. The van der Waals surface area contributed by atoms with Gasteiger partial charge < -0.3 is 5.32 Å². The van der Waals surface area contributed by atoms with Gasteiger partial charge in [0.05, 0.1) is 12.2 Å². The smallest absolute Gasteiger partial charge is 0.348 e. The quantitative estimate of drug-likeness (QED) is 0.651. The van der Waals surface area contributed by atoms with E-state index in [0.717, 1.165) is 9.25 Å². The lowest BCUT2D eigenvalue weighted by Gasteiger charge is -2.14. The highest BCUT2D eigenvalue weighted by Crippen LogP contribution is 2.11. The number of hydrogen-bond acceptors (Lipinski definition) is 4. The molecule has 0 saturated carbocycles. The fourth-order valence-electron chi connectivity index (χ4n) is 2.76. The third-order valence-corrected chi connectivity index (χ3v) is 4.82. The second kappa shape index (κ2) is 9.04. The lowest BCUT2D eigenvalue weighted by atomic mass is 10.2. The molecule has 0 saturated heterocycles. The third kappa shape index (κ3) is 4.65. The van der Waals surface area contributed by atoms with Gasteiger partial charge in [0, 0.05) is 11.1 Å². The van der Waals surface area contributed by atoms with Crippen molar-refractivity contribution in [1.82, 2.24) is 19.7 Å². The van der Waals surface area contributed by atoms with E-state index in [1.54, 1.807) is 37.3 Å². The van der Waals surface area contributed by atoms with Crippen molar-refractivity contribution in [3.8, 4) is 5.69 Å². The fourth-order valence-corrected chi connectivity index (χ4v) is 2.89. The summed E-state index contributed by atoms with van der Waals surface area (Å²) in [6, 6.07) is 11.6. The van der Waals surface area contributed by atoms with Gasteiger partial charge in [0.2, 0.25) is 5.69 Å². The SMILES string of the molecule is CCC(C)NC(=O)c1nn(-c2ccc(Cl)cc2)c(=O)n(Cc2cccc(F)c2)c1=O. The van der Waals surface area contributed by atoms with Crippen LogP contribution in [0.15, 0.2) is 58.1 Å². The normalized spacial score (nSPS) is 11.9. The van der Waals surface area contributed by atoms with E-state index in [-0.39, 0.29) is 12.6 Å². The van der Waals surface area contributed by atoms with E-state index in [9.17, 15) is 18.8 Å². The molecule has 1 N–H and O–H groups in total. The highest BCUT2D eigenvalue weighted by Gasteiger charge is 2.21. The number of aromatic nitrogens is 3. The average molecular weight is 431 g/mol. The predicted octanol–water partition coefficient (Wildman–Crippen LogP) is 2.76. The average Bonchev–Trinajstić information content (AvgIpc) is 2.72. The fraction of sp³-hybridized carbons (Fsp3) is 0.238. The molecule has 0 aliphatic carbocycles.